The highest BCUT2D eigenvalue weighted by molar-refractivity contribution is 8.84. The van der Waals surface area contributed by atoms with Crippen LogP contribution >= 0.6 is 135 Å². The van der Waals surface area contributed by atoms with Crippen molar-refractivity contribution in [2.45, 2.75) is 78.0 Å². The summed E-state index contributed by atoms with van der Waals surface area (Å²) in [6.45, 7) is 4.03. The third-order valence-corrected chi connectivity index (χ3v) is 27.2. The lowest BCUT2D eigenvalue weighted by molar-refractivity contribution is -0.316. The molecular weight excluding hydrogens is 1490 g/mol. The second kappa shape index (κ2) is 47.7. The van der Waals surface area contributed by atoms with Gasteiger partial charge in [-0.3, -0.25) is 14.4 Å². The van der Waals surface area contributed by atoms with Gasteiger partial charge in [-0.15, -0.1) is 0 Å². The van der Waals surface area contributed by atoms with Crippen LogP contribution < -0.4 is 0 Å². The molecule has 0 aliphatic carbocycles. The lowest BCUT2D eigenvalue weighted by atomic mass is 9.92. The van der Waals surface area contributed by atoms with Gasteiger partial charge in [0.25, 0.3) is 0 Å². The molecule has 0 spiro atoms. The first-order chi connectivity index (χ1) is 49.4. The Morgan fingerprint density at radius 3 is 0.713 bits per heavy atom. The average molecular weight is 1580 g/mol. The van der Waals surface area contributed by atoms with E-state index in [9.17, 15) is 14.4 Å². The molecule has 0 radical (unpaired) electrons. The lowest BCUT2D eigenvalue weighted by Crippen LogP contribution is -2.43. The number of rotatable bonds is 42. The van der Waals surface area contributed by atoms with Gasteiger partial charge in [0, 0.05) is 75.4 Å². The van der Waals surface area contributed by atoms with Gasteiger partial charge in [-0.2, -0.15) is 0 Å². The van der Waals surface area contributed by atoms with Crippen LogP contribution in [0.25, 0.3) is 0 Å². The van der Waals surface area contributed by atoms with Crippen molar-refractivity contribution in [2.24, 2.45) is 5.41 Å². The van der Waals surface area contributed by atoms with Crippen molar-refractivity contribution >= 4 is 170 Å². The number of thiocarbonyl (C=S) groups is 4. The van der Waals surface area contributed by atoms with Gasteiger partial charge < -0.3 is 33.8 Å². The van der Waals surface area contributed by atoms with Crippen LogP contribution in [-0.2, 0) is 90.7 Å². The van der Waals surface area contributed by atoms with Gasteiger partial charge in [0.1, 0.15) is 37.1 Å². The molecule has 0 N–H and O–H groups in total. The number of esters is 3. The average Bonchev–Trinajstić information content (AvgIpc) is 1.06. The van der Waals surface area contributed by atoms with Crippen LogP contribution in [0.15, 0.2) is 243 Å². The van der Waals surface area contributed by atoms with Gasteiger partial charge in [0.15, 0.2) is 0 Å². The fourth-order valence-corrected chi connectivity index (χ4v) is 19.2. The van der Waals surface area contributed by atoms with Gasteiger partial charge in [0.2, 0.25) is 0 Å². The van der Waals surface area contributed by atoms with Crippen molar-refractivity contribution in [2.75, 3.05) is 56.0 Å². The van der Waals surface area contributed by atoms with Crippen LogP contribution in [0.5, 0.6) is 0 Å². The topological polar surface area (TPSA) is 110 Å². The smallest absolute Gasteiger partial charge is 0.306 e. The zero-order chi connectivity index (χ0) is 70.8. The highest BCUT2D eigenvalue weighted by atomic mass is 33.1. The number of ether oxygens (including phenoxy) is 3. The molecule has 0 saturated heterocycles. The van der Waals surface area contributed by atoms with E-state index < -0.39 is 23.3 Å². The molecule has 0 aliphatic heterocycles. The van der Waals surface area contributed by atoms with Crippen molar-refractivity contribution in [1.29, 1.82) is 0 Å². The van der Waals surface area contributed by atoms with Gasteiger partial charge >= 0.3 is 17.9 Å². The molecule has 0 amide bonds. The highest BCUT2D eigenvalue weighted by Crippen LogP contribution is 2.33. The Morgan fingerprint density at radius 1 is 0.287 bits per heavy atom. The van der Waals surface area contributed by atoms with Crippen molar-refractivity contribution in [3.63, 3.8) is 0 Å². The van der Waals surface area contributed by atoms with E-state index in [0.29, 0.717) is 94.8 Å². The zero-order valence-corrected chi connectivity index (χ0v) is 65.7. The van der Waals surface area contributed by atoms with E-state index in [4.69, 9.17) is 72.9 Å². The molecule has 0 saturated carbocycles. The number of hydrogen-bond acceptors (Lipinski definition) is 20. The molecule has 0 aliphatic rings. The Balaban J connectivity index is 0.910. The van der Waals surface area contributed by atoms with Gasteiger partial charge in [0.05, 0.1) is 37.9 Å². The van der Waals surface area contributed by atoms with E-state index in [0.717, 1.165) is 37.7 Å². The number of carbonyl (C=O) groups excluding carboxylic acids is 3. The molecular formula is C77H82N4O8S12. The number of carbonyl (C=O) groups is 3. The van der Waals surface area contributed by atoms with Crippen molar-refractivity contribution in [3.05, 3.63) is 287 Å². The minimum absolute atomic E-state index is 0.0375. The van der Waals surface area contributed by atoms with Gasteiger partial charge in [-0.05, 0) is 94.1 Å². The summed E-state index contributed by atoms with van der Waals surface area (Å²) in [5, 5.41) is 0. The summed E-state index contributed by atoms with van der Waals surface area (Å²) in [6.07, 6.45) is 0.713. The minimum atomic E-state index is -1.39. The standard InChI is InChI=1S/C77H82N4O8S12/c82-70(42-47-95-99-74(91)79(52-64-30-13-3-14-31-64)53-65-32-15-4-16-33-65)85-58-77(59-86-71(83)43-48-96-100-75(92)80(54-66-34-17-5-18-35-66)55-67-36-19-6-20-37-67,60-87-72(84)44-49-97-101-76(93)81(56-68-38-21-7-22-39-68)57-69-40-23-8-24-41-69)61-89-88-45-25-46-94-98-73(90)78(50-62-26-9-1-10-27-62)51-63-28-11-2-12-29-63/h1-24,26-41H,25,42-61H2. The number of benzene rings is 8. The summed E-state index contributed by atoms with van der Waals surface area (Å²) in [5.74, 6) is 0.317. The molecule has 101 heavy (non-hydrogen) atoms. The lowest BCUT2D eigenvalue weighted by Gasteiger charge is -2.31. The van der Waals surface area contributed by atoms with Crippen LogP contribution in [-0.4, -0.2) is 111 Å². The fourth-order valence-electron chi connectivity index (χ4n) is 9.69. The van der Waals surface area contributed by atoms with E-state index in [-0.39, 0.29) is 52.3 Å². The summed E-state index contributed by atoms with van der Waals surface area (Å²) in [6, 6.07) is 81.7. The monoisotopic (exact) mass is 1570 g/mol. The van der Waals surface area contributed by atoms with Crippen LogP contribution in [0.2, 0.25) is 0 Å². The minimum Gasteiger partial charge on any atom is -0.465 e. The molecule has 530 valence electrons. The molecule has 0 bridgehead atoms. The second-order valence-corrected chi connectivity index (χ2v) is 35.4. The number of nitrogens with zero attached hydrogens (tertiary/aromatic N) is 4. The first-order valence-electron chi connectivity index (χ1n) is 32.8. The Kier molecular flexibility index (Phi) is 38.3. The van der Waals surface area contributed by atoms with E-state index in [2.05, 4.69) is 117 Å². The van der Waals surface area contributed by atoms with Crippen LogP contribution in [0, 0.1) is 5.41 Å². The maximum Gasteiger partial charge on any atom is 0.306 e. The maximum absolute atomic E-state index is 13.9. The zero-order valence-electron chi connectivity index (χ0n) is 55.9. The molecule has 0 unspecified atom stereocenters. The highest BCUT2D eigenvalue weighted by Gasteiger charge is 2.37. The summed E-state index contributed by atoms with van der Waals surface area (Å²) >= 11 is 24.0. The number of hydrogen-bond donors (Lipinski definition) is 0. The first kappa shape index (κ1) is 81.1. The molecule has 24 heteroatoms. The SMILES string of the molecule is O=C(CCSSC(=S)N(Cc1ccccc1)Cc1ccccc1)OCC(COOCCCSSC(=S)N(Cc1ccccc1)Cc1ccccc1)(COC(=O)CCSSC(=S)N(Cc1ccccc1)Cc1ccccc1)COC(=O)CCSSC(=S)N(Cc1ccccc1)Cc1ccccc1. The Morgan fingerprint density at radius 2 is 0.495 bits per heavy atom. The Hall–Kier alpha value is -5.55. The van der Waals surface area contributed by atoms with Crippen LogP contribution in [0.3, 0.4) is 0 Å². The van der Waals surface area contributed by atoms with Gasteiger partial charge in [-0.25, -0.2) is 9.78 Å². The van der Waals surface area contributed by atoms with E-state index >= 15 is 0 Å². The third kappa shape index (κ3) is 32.6. The molecule has 8 aromatic rings. The predicted octanol–water partition coefficient (Wildman–Crippen LogP) is 19.6. The molecule has 8 aromatic carbocycles. The summed E-state index contributed by atoms with van der Waals surface area (Å²) in [5.41, 5.74) is 7.70. The second-order valence-electron chi connectivity index (χ2n) is 23.2. The molecule has 0 fully saturated rings. The Bertz CT molecular complexity index is 3270. The van der Waals surface area contributed by atoms with Crippen molar-refractivity contribution < 1.29 is 38.4 Å². The summed E-state index contributed by atoms with van der Waals surface area (Å²) in [4.78, 5) is 62.2. The molecule has 0 atom stereocenters. The molecule has 12 nitrogen and oxygen atoms in total. The Labute approximate surface area is 648 Å². The normalized spacial score (nSPS) is 11.1. The fraction of sp³-hybridized carbons (Fsp3) is 0.286. The summed E-state index contributed by atoms with van der Waals surface area (Å²) < 4.78 is 21.0. The molecule has 0 heterocycles. The van der Waals surface area contributed by atoms with Crippen LogP contribution in [0.4, 0.5) is 0 Å². The largest absolute Gasteiger partial charge is 0.465 e. The maximum atomic E-state index is 13.9. The quantitative estimate of drug-likeness (QED) is 0.00687. The molecule has 0 aromatic heterocycles. The van der Waals surface area contributed by atoms with E-state index in [1.165, 1.54) is 75.9 Å². The van der Waals surface area contributed by atoms with E-state index in [1.54, 1.807) is 21.6 Å². The van der Waals surface area contributed by atoms with Crippen molar-refractivity contribution in [1.82, 2.24) is 19.6 Å². The first-order valence-corrected chi connectivity index (χ1v) is 43.7. The van der Waals surface area contributed by atoms with Crippen LogP contribution in [0.1, 0.15) is 70.2 Å². The third-order valence-electron chi connectivity index (χ3n) is 15.0. The van der Waals surface area contributed by atoms with E-state index in [1.807, 2.05) is 146 Å². The molecule has 8 rings (SSSR count). The summed E-state index contributed by atoms with van der Waals surface area (Å²) in [7, 11) is 11.9. The predicted molar refractivity (Wildman–Crippen MR) is 445 cm³/mol. The van der Waals surface area contributed by atoms with Crippen molar-refractivity contribution in [3.8, 4) is 0 Å². The van der Waals surface area contributed by atoms with Gasteiger partial charge in [-0.1, -0.05) is 335 Å².